The van der Waals surface area contributed by atoms with Crippen LogP contribution >= 0.6 is 27.3 Å². The van der Waals surface area contributed by atoms with Gasteiger partial charge in [0.05, 0.1) is 3.79 Å². The molecule has 1 atom stereocenters. The molecule has 0 aliphatic heterocycles. The molecule has 2 N–H and O–H groups in total. The number of carbonyl (C=O) groups is 1. The smallest absolute Gasteiger partial charge is 0.345 e. The highest BCUT2D eigenvalue weighted by atomic mass is 79.9. The standard InChI is InChI=1S/C13H18BrNO4S2/c1-8(9-5-3-2-4-6-9)15-21(18,19)11-7-10(13(16)17)20-12(11)14/h7-9,15H,2-6H2,1H3,(H,16,17)/t8-/m0/s1. The Bertz CT molecular complexity index is 620. The maximum atomic E-state index is 12.4. The highest BCUT2D eigenvalue weighted by Crippen LogP contribution is 2.33. The van der Waals surface area contributed by atoms with Crippen LogP contribution < -0.4 is 4.72 Å². The summed E-state index contributed by atoms with van der Waals surface area (Å²) in [5, 5.41) is 8.95. The van der Waals surface area contributed by atoms with Crippen LogP contribution in [0.1, 0.15) is 48.7 Å². The van der Waals surface area contributed by atoms with Crippen LogP contribution in [0.5, 0.6) is 0 Å². The van der Waals surface area contributed by atoms with Crippen LogP contribution in [0.25, 0.3) is 0 Å². The Hall–Kier alpha value is -0.440. The van der Waals surface area contributed by atoms with Crippen LogP contribution in [-0.2, 0) is 10.0 Å². The van der Waals surface area contributed by atoms with Crippen LogP contribution in [0.3, 0.4) is 0 Å². The molecule has 8 heteroatoms. The summed E-state index contributed by atoms with van der Waals surface area (Å²) in [7, 11) is -3.70. The molecule has 5 nitrogen and oxygen atoms in total. The molecule has 1 heterocycles. The molecular formula is C13H18BrNO4S2. The van der Waals surface area contributed by atoms with Gasteiger partial charge in [0.25, 0.3) is 0 Å². The molecule has 1 fully saturated rings. The number of carboxylic acid groups (broad SMARTS) is 1. The van der Waals surface area contributed by atoms with Crippen molar-refractivity contribution in [3.63, 3.8) is 0 Å². The highest BCUT2D eigenvalue weighted by molar-refractivity contribution is 9.11. The molecule has 2 rings (SSSR count). The van der Waals surface area contributed by atoms with Gasteiger partial charge < -0.3 is 5.11 Å². The Morgan fingerprint density at radius 3 is 2.57 bits per heavy atom. The zero-order valence-electron chi connectivity index (χ0n) is 11.6. The van der Waals surface area contributed by atoms with Gasteiger partial charge in [0, 0.05) is 6.04 Å². The lowest BCUT2D eigenvalue weighted by molar-refractivity contribution is 0.0702. The zero-order valence-corrected chi connectivity index (χ0v) is 14.9. The van der Waals surface area contributed by atoms with E-state index in [-0.39, 0.29) is 15.8 Å². The van der Waals surface area contributed by atoms with Gasteiger partial charge in [0.2, 0.25) is 10.0 Å². The van der Waals surface area contributed by atoms with Gasteiger partial charge in [-0.15, -0.1) is 11.3 Å². The van der Waals surface area contributed by atoms with Gasteiger partial charge in [-0.3, -0.25) is 0 Å². The van der Waals surface area contributed by atoms with Crippen molar-refractivity contribution in [3.05, 3.63) is 14.7 Å². The second-order valence-corrected chi connectivity index (χ2v) is 9.41. The molecule has 0 unspecified atom stereocenters. The van der Waals surface area contributed by atoms with E-state index >= 15 is 0 Å². The average molecular weight is 396 g/mol. The zero-order chi connectivity index (χ0) is 15.6. The van der Waals surface area contributed by atoms with E-state index in [4.69, 9.17) is 5.11 Å². The third-order valence-electron chi connectivity index (χ3n) is 3.85. The minimum Gasteiger partial charge on any atom is -0.477 e. The Kier molecular flexibility index (Phi) is 5.45. The van der Waals surface area contributed by atoms with Crippen molar-refractivity contribution in [2.75, 3.05) is 0 Å². The van der Waals surface area contributed by atoms with Gasteiger partial charge >= 0.3 is 5.97 Å². The third kappa shape index (κ3) is 4.06. The van der Waals surface area contributed by atoms with Gasteiger partial charge in [-0.25, -0.2) is 17.9 Å². The second kappa shape index (κ2) is 6.76. The maximum Gasteiger partial charge on any atom is 0.345 e. The molecule has 1 aliphatic carbocycles. The summed E-state index contributed by atoms with van der Waals surface area (Å²) in [6, 6.07) is 1.06. The summed E-state index contributed by atoms with van der Waals surface area (Å²) >= 11 is 4.05. The molecule has 1 aromatic heterocycles. The molecule has 21 heavy (non-hydrogen) atoms. The van der Waals surface area contributed by atoms with Gasteiger partial charge in [0.1, 0.15) is 9.77 Å². The predicted octanol–water partition coefficient (Wildman–Crippen LogP) is 3.46. The van der Waals surface area contributed by atoms with Crippen LogP contribution in [0, 0.1) is 5.92 Å². The van der Waals surface area contributed by atoms with Crippen molar-refractivity contribution in [2.45, 2.75) is 50.0 Å². The van der Waals surface area contributed by atoms with Gasteiger partial charge in [-0.2, -0.15) is 0 Å². The molecule has 0 saturated heterocycles. The van der Waals surface area contributed by atoms with Crippen molar-refractivity contribution < 1.29 is 18.3 Å². The van der Waals surface area contributed by atoms with E-state index in [2.05, 4.69) is 20.7 Å². The molecule has 0 bridgehead atoms. The van der Waals surface area contributed by atoms with Gasteiger partial charge in [-0.05, 0) is 47.7 Å². The molecule has 0 radical (unpaired) electrons. The number of hydrogen-bond acceptors (Lipinski definition) is 4. The molecule has 1 aliphatic rings. The normalized spacial score (nSPS) is 18.6. The highest BCUT2D eigenvalue weighted by Gasteiger charge is 2.28. The van der Waals surface area contributed by atoms with Crippen LogP contribution in [0.15, 0.2) is 14.7 Å². The van der Waals surface area contributed by atoms with Crippen molar-refractivity contribution in [3.8, 4) is 0 Å². The minimum absolute atomic E-state index is 0.00700. The maximum absolute atomic E-state index is 12.4. The second-order valence-electron chi connectivity index (χ2n) is 5.36. The first-order valence-corrected chi connectivity index (χ1v) is 9.95. The van der Waals surface area contributed by atoms with Crippen LogP contribution in [0.4, 0.5) is 0 Å². The van der Waals surface area contributed by atoms with E-state index in [1.165, 1.54) is 12.5 Å². The predicted molar refractivity (Wildman–Crippen MR) is 85.3 cm³/mol. The molecule has 0 amide bonds. The van der Waals surface area contributed by atoms with Crippen molar-refractivity contribution in [1.82, 2.24) is 4.72 Å². The fourth-order valence-corrected chi connectivity index (χ4v) is 6.39. The first-order valence-electron chi connectivity index (χ1n) is 6.86. The number of sulfonamides is 1. The van der Waals surface area contributed by atoms with Crippen molar-refractivity contribution >= 4 is 43.3 Å². The molecule has 1 saturated carbocycles. The van der Waals surface area contributed by atoms with E-state index in [9.17, 15) is 13.2 Å². The third-order valence-corrected chi connectivity index (χ3v) is 7.65. The Morgan fingerprint density at radius 1 is 1.43 bits per heavy atom. The number of nitrogens with one attached hydrogen (secondary N) is 1. The molecule has 118 valence electrons. The van der Waals surface area contributed by atoms with E-state index < -0.39 is 16.0 Å². The van der Waals surface area contributed by atoms with Gasteiger partial charge in [-0.1, -0.05) is 19.3 Å². The molecule has 1 aromatic rings. The topological polar surface area (TPSA) is 83.5 Å². The number of aromatic carboxylic acids is 1. The monoisotopic (exact) mass is 395 g/mol. The largest absolute Gasteiger partial charge is 0.477 e. The fourth-order valence-electron chi connectivity index (χ4n) is 2.68. The van der Waals surface area contributed by atoms with E-state index in [1.54, 1.807) is 0 Å². The van der Waals surface area contributed by atoms with Crippen LogP contribution in [-0.4, -0.2) is 25.5 Å². The number of carboxylic acids is 1. The summed E-state index contributed by atoms with van der Waals surface area (Å²) in [6.45, 7) is 1.88. The lowest BCUT2D eigenvalue weighted by atomic mass is 9.85. The van der Waals surface area contributed by atoms with E-state index in [0.29, 0.717) is 9.70 Å². The van der Waals surface area contributed by atoms with Crippen molar-refractivity contribution in [2.24, 2.45) is 5.92 Å². The molecule has 0 aromatic carbocycles. The number of halogens is 1. The number of hydrogen-bond donors (Lipinski definition) is 2. The summed E-state index contributed by atoms with van der Waals surface area (Å²) in [6.07, 6.45) is 5.57. The first-order chi connectivity index (χ1) is 9.81. The van der Waals surface area contributed by atoms with Crippen molar-refractivity contribution in [1.29, 1.82) is 0 Å². The summed E-state index contributed by atoms with van der Waals surface area (Å²) in [4.78, 5) is 11.0. The summed E-state index contributed by atoms with van der Waals surface area (Å²) in [5.41, 5.74) is 0. The Balaban J connectivity index is 2.16. The lowest BCUT2D eigenvalue weighted by Gasteiger charge is -2.28. The first kappa shape index (κ1) is 16.9. The Labute approximate surface area is 136 Å². The fraction of sp³-hybridized carbons (Fsp3) is 0.615. The summed E-state index contributed by atoms with van der Waals surface area (Å²) in [5.74, 6) is -0.771. The van der Waals surface area contributed by atoms with Crippen LogP contribution in [0.2, 0.25) is 0 Å². The van der Waals surface area contributed by atoms with E-state index in [1.807, 2.05) is 6.92 Å². The lowest BCUT2D eigenvalue weighted by Crippen LogP contribution is -2.38. The molecule has 0 spiro atoms. The Morgan fingerprint density at radius 2 is 2.05 bits per heavy atom. The molecular weight excluding hydrogens is 378 g/mol. The summed E-state index contributed by atoms with van der Waals surface area (Å²) < 4.78 is 27.8. The van der Waals surface area contributed by atoms with E-state index in [0.717, 1.165) is 37.0 Å². The quantitative estimate of drug-likeness (QED) is 0.799. The SMILES string of the molecule is C[C@H](NS(=O)(=O)c1cc(C(=O)O)sc1Br)C1CCCCC1. The average Bonchev–Trinajstić information content (AvgIpc) is 2.82. The number of rotatable bonds is 5. The minimum atomic E-state index is -3.70. The van der Waals surface area contributed by atoms with Gasteiger partial charge in [0.15, 0.2) is 0 Å². The number of thiophene rings is 1.